The quantitative estimate of drug-likeness (QED) is 0.924. The maximum atomic E-state index is 10.00. The Balaban J connectivity index is 1.84. The predicted octanol–water partition coefficient (Wildman–Crippen LogP) is 2.78. The Labute approximate surface area is 115 Å². The van der Waals surface area contributed by atoms with Crippen LogP contribution in [-0.4, -0.2) is 21.2 Å². The van der Waals surface area contributed by atoms with Gasteiger partial charge in [-0.05, 0) is 64.5 Å². The van der Waals surface area contributed by atoms with Crippen molar-refractivity contribution in [3.63, 3.8) is 0 Å². The molecule has 0 aliphatic heterocycles. The van der Waals surface area contributed by atoms with Crippen molar-refractivity contribution in [3.05, 3.63) is 58.6 Å². The number of halogens is 1. The molecule has 18 heavy (non-hydrogen) atoms. The van der Waals surface area contributed by atoms with Crippen LogP contribution >= 0.6 is 15.9 Å². The molecular formula is C14H15BrN2O. The fourth-order valence-corrected chi connectivity index (χ4v) is 2.24. The largest absolute Gasteiger partial charge is 0.393 e. The van der Waals surface area contributed by atoms with Crippen LogP contribution in [-0.2, 0) is 12.8 Å². The third-order valence-electron chi connectivity index (χ3n) is 2.75. The Morgan fingerprint density at radius 2 is 1.89 bits per heavy atom. The van der Waals surface area contributed by atoms with Gasteiger partial charge in [0.2, 0.25) is 0 Å². The molecule has 0 aliphatic rings. The van der Waals surface area contributed by atoms with E-state index in [1.54, 1.807) is 24.8 Å². The summed E-state index contributed by atoms with van der Waals surface area (Å²) in [7, 11) is 0. The van der Waals surface area contributed by atoms with E-state index in [-0.39, 0.29) is 6.10 Å². The molecule has 1 N–H and O–H groups in total. The fourth-order valence-electron chi connectivity index (χ4n) is 1.82. The third kappa shape index (κ3) is 4.20. The summed E-state index contributed by atoms with van der Waals surface area (Å²) < 4.78 is 0.946. The first-order valence-electron chi connectivity index (χ1n) is 5.90. The van der Waals surface area contributed by atoms with Crippen molar-refractivity contribution >= 4 is 15.9 Å². The first-order valence-corrected chi connectivity index (χ1v) is 6.70. The zero-order valence-corrected chi connectivity index (χ0v) is 11.5. The maximum Gasteiger partial charge on any atom is 0.0584 e. The van der Waals surface area contributed by atoms with Gasteiger partial charge >= 0.3 is 0 Å². The van der Waals surface area contributed by atoms with Crippen molar-refractivity contribution in [1.29, 1.82) is 0 Å². The van der Waals surface area contributed by atoms with Gasteiger partial charge in [-0.2, -0.15) is 0 Å². The van der Waals surface area contributed by atoms with Gasteiger partial charge in [0.05, 0.1) is 6.10 Å². The van der Waals surface area contributed by atoms with Crippen LogP contribution < -0.4 is 0 Å². The van der Waals surface area contributed by atoms with Gasteiger partial charge in [-0.25, -0.2) is 0 Å². The summed E-state index contributed by atoms with van der Waals surface area (Å²) >= 11 is 3.38. The zero-order valence-electron chi connectivity index (χ0n) is 9.96. The van der Waals surface area contributed by atoms with Crippen molar-refractivity contribution in [2.24, 2.45) is 0 Å². The van der Waals surface area contributed by atoms with Crippen LogP contribution in [0.3, 0.4) is 0 Å². The Hall–Kier alpha value is -1.26. The number of pyridine rings is 2. The summed E-state index contributed by atoms with van der Waals surface area (Å²) in [5, 5.41) is 10.00. The van der Waals surface area contributed by atoms with Crippen molar-refractivity contribution in [2.45, 2.75) is 25.4 Å². The van der Waals surface area contributed by atoms with Crippen molar-refractivity contribution < 1.29 is 5.11 Å². The molecule has 0 saturated heterocycles. The number of hydrogen-bond acceptors (Lipinski definition) is 3. The number of nitrogens with zero attached hydrogens (tertiary/aromatic N) is 2. The second-order valence-electron chi connectivity index (χ2n) is 4.26. The van der Waals surface area contributed by atoms with Gasteiger partial charge in [0.1, 0.15) is 0 Å². The Kier molecular flexibility index (Phi) is 4.84. The normalized spacial score (nSPS) is 12.3. The smallest absolute Gasteiger partial charge is 0.0584 e. The standard InChI is InChI=1S/C14H15BrN2O/c15-13-7-12(9-17-10-13)8-14(18)2-1-11-3-5-16-6-4-11/h3-7,9-10,14,18H,1-2,8H2. The molecule has 0 fully saturated rings. The second-order valence-corrected chi connectivity index (χ2v) is 5.18. The van der Waals surface area contributed by atoms with Crippen LogP contribution in [0.5, 0.6) is 0 Å². The summed E-state index contributed by atoms with van der Waals surface area (Å²) in [4.78, 5) is 8.06. The van der Waals surface area contributed by atoms with Crippen LogP contribution in [0, 0.1) is 0 Å². The number of rotatable bonds is 5. The minimum Gasteiger partial charge on any atom is -0.393 e. The number of aliphatic hydroxyl groups excluding tert-OH is 1. The van der Waals surface area contributed by atoms with Crippen LogP contribution in [0.15, 0.2) is 47.5 Å². The van der Waals surface area contributed by atoms with Crippen molar-refractivity contribution in [2.75, 3.05) is 0 Å². The summed E-state index contributed by atoms with van der Waals surface area (Å²) in [6, 6.07) is 5.95. The van der Waals surface area contributed by atoms with E-state index in [0.29, 0.717) is 6.42 Å². The van der Waals surface area contributed by atoms with Gasteiger partial charge in [-0.1, -0.05) is 0 Å². The lowest BCUT2D eigenvalue weighted by Gasteiger charge is -2.10. The first-order chi connectivity index (χ1) is 8.74. The van der Waals surface area contributed by atoms with Crippen LogP contribution in [0.2, 0.25) is 0 Å². The van der Waals surface area contributed by atoms with Gasteiger partial charge in [0, 0.05) is 29.3 Å². The molecule has 4 heteroatoms. The third-order valence-corrected chi connectivity index (χ3v) is 3.18. The summed E-state index contributed by atoms with van der Waals surface area (Å²) in [6.07, 6.45) is 9.00. The van der Waals surface area contributed by atoms with Crippen molar-refractivity contribution in [1.82, 2.24) is 9.97 Å². The molecule has 1 unspecified atom stereocenters. The van der Waals surface area contributed by atoms with Crippen LogP contribution in [0.25, 0.3) is 0 Å². The molecule has 0 radical (unpaired) electrons. The molecule has 2 aromatic rings. The topological polar surface area (TPSA) is 46.0 Å². The monoisotopic (exact) mass is 306 g/mol. The Morgan fingerprint density at radius 1 is 1.11 bits per heavy atom. The molecule has 0 aliphatic carbocycles. The second kappa shape index (κ2) is 6.61. The number of aryl methyl sites for hydroxylation is 1. The molecule has 0 spiro atoms. The number of aromatic nitrogens is 2. The average Bonchev–Trinajstić information content (AvgIpc) is 2.38. The first kappa shape index (κ1) is 13.2. The molecular weight excluding hydrogens is 292 g/mol. The van der Waals surface area contributed by atoms with E-state index >= 15 is 0 Å². The maximum absolute atomic E-state index is 10.00. The molecule has 2 rings (SSSR count). The van der Waals surface area contributed by atoms with Gasteiger partial charge < -0.3 is 5.11 Å². The van der Waals surface area contributed by atoms with E-state index in [2.05, 4.69) is 25.9 Å². The molecule has 94 valence electrons. The molecule has 0 amide bonds. The van der Waals surface area contributed by atoms with Gasteiger partial charge in [0.15, 0.2) is 0 Å². The van der Waals surface area contributed by atoms with E-state index < -0.39 is 0 Å². The lowest BCUT2D eigenvalue weighted by Crippen LogP contribution is -2.11. The average molecular weight is 307 g/mol. The summed E-state index contributed by atoms with van der Waals surface area (Å²) in [5.41, 5.74) is 2.25. The van der Waals surface area contributed by atoms with E-state index in [4.69, 9.17) is 0 Å². The highest BCUT2D eigenvalue weighted by Crippen LogP contribution is 2.13. The number of aliphatic hydroxyl groups is 1. The predicted molar refractivity (Wildman–Crippen MR) is 74.2 cm³/mol. The summed E-state index contributed by atoms with van der Waals surface area (Å²) in [5.74, 6) is 0. The van der Waals surface area contributed by atoms with E-state index in [0.717, 1.165) is 22.9 Å². The van der Waals surface area contributed by atoms with Gasteiger partial charge in [-0.15, -0.1) is 0 Å². The molecule has 1 atom stereocenters. The fraction of sp³-hybridized carbons (Fsp3) is 0.286. The molecule has 0 bridgehead atoms. The minimum atomic E-state index is -0.339. The molecule has 2 aromatic heterocycles. The minimum absolute atomic E-state index is 0.339. The molecule has 3 nitrogen and oxygen atoms in total. The van der Waals surface area contributed by atoms with Gasteiger partial charge in [0.25, 0.3) is 0 Å². The zero-order chi connectivity index (χ0) is 12.8. The lowest BCUT2D eigenvalue weighted by molar-refractivity contribution is 0.165. The van der Waals surface area contributed by atoms with Crippen LogP contribution in [0.1, 0.15) is 17.5 Å². The highest BCUT2D eigenvalue weighted by atomic mass is 79.9. The highest BCUT2D eigenvalue weighted by Gasteiger charge is 2.06. The van der Waals surface area contributed by atoms with E-state index in [9.17, 15) is 5.11 Å². The van der Waals surface area contributed by atoms with E-state index in [1.165, 1.54) is 5.56 Å². The van der Waals surface area contributed by atoms with Gasteiger partial charge in [-0.3, -0.25) is 9.97 Å². The Bertz CT molecular complexity index is 490. The number of hydrogen-bond donors (Lipinski definition) is 1. The van der Waals surface area contributed by atoms with Crippen molar-refractivity contribution in [3.8, 4) is 0 Å². The Morgan fingerprint density at radius 3 is 2.61 bits per heavy atom. The SMILES string of the molecule is OC(CCc1ccncc1)Cc1cncc(Br)c1. The molecule has 0 aromatic carbocycles. The lowest BCUT2D eigenvalue weighted by atomic mass is 10.0. The van der Waals surface area contributed by atoms with E-state index in [1.807, 2.05) is 18.2 Å². The summed E-state index contributed by atoms with van der Waals surface area (Å²) in [6.45, 7) is 0. The molecule has 0 saturated carbocycles. The molecule has 2 heterocycles. The highest BCUT2D eigenvalue weighted by molar-refractivity contribution is 9.10. The van der Waals surface area contributed by atoms with Crippen LogP contribution in [0.4, 0.5) is 0 Å².